The Morgan fingerprint density at radius 3 is 2.80 bits per heavy atom. The summed E-state index contributed by atoms with van der Waals surface area (Å²) in [7, 11) is 0. The molecule has 60 valence electrons. The highest BCUT2D eigenvalue weighted by atomic mass is 16.5. The van der Waals surface area contributed by atoms with E-state index in [4.69, 9.17) is 15.6 Å². The Balaban J connectivity index is 2.29. The molecule has 0 bridgehead atoms. The highest BCUT2D eigenvalue weighted by Gasteiger charge is 2.26. The number of hydrogen-bond acceptors (Lipinski definition) is 3. The Bertz CT molecular complexity index is 108. The maximum Gasteiger partial charge on any atom is 0.0752 e. The minimum absolute atomic E-state index is 0.0252. The molecule has 1 fully saturated rings. The number of hydrogen-bond donors (Lipinski definition) is 2. The largest absolute Gasteiger partial charge is 0.395 e. The fraction of sp³-hybridized carbons (Fsp3) is 1.00. The fourth-order valence-electron chi connectivity index (χ4n) is 1.27. The van der Waals surface area contributed by atoms with Crippen LogP contribution in [0.1, 0.15) is 19.8 Å². The lowest BCUT2D eigenvalue weighted by Gasteiger charge is -2.16. The molecule has 3 unspecified atom stereocenters. The second-order valence-corrected chi connectivity index (χ2v) is 2.91. The Kier molecular flexibility index (Phi) is 2.65. The van der Waals surface area contributed by atoms with Crippen molar-refractivity contribution in [2.24, 2.45) is 5.73 Å². The van der Waals surface area contributed by atoms with Crippen molar-refractivity contribution < 1.29 is 9.84 Å². The van der Waals surface area contributed by atoms with Crippen molar-refractivity contribution >= 4 is 0 Å². The summed E-state index contributed by atoms with van der Waals surface area (Å²) >= 11 is 0. The predicted molar refractivity (Wildman–Crippen MR) is 38.6 cm³/mol. The second kappa shape index (κ2) is 3.32. The quantitative estimate of drug-likeness (QED) is 0.569. The molecule has 1 saturated heterocycles. The van der Waals surface area contributed by atoms with E-state index < -0.39 is 0 Å². The Morgan fingerprint density at radius 1 is 1.70 bits per heavy atom. The van der Waals surface area contributed by atoms with Gasteiger partial charge in [-0.3, -0.25) is 0 Å². The molecule has 3 heteroatoms. The molecule has 3 N–H and O–H groups in total. The maximum atomic E-state index is 8.68. The summed E-state index contributed by atoms with van der Waals surface area (Å²) in [6.07, 6.45) is 2.46. The van der Waals surface area contributed by atoms with E-state index in [1.807, 2.05) is 6.92 Å². The van der Waals surface area contributed by atoms with Gasteiger partial charge in [-0.15, -0.1) is 0 Å². The van der Waals surface area contributed by atoms with Crippen molar-refractivity contribution in [1.29, 1.82) is 0 Å². The van der Waals surface area contributed by atoms with Crippen molar-refractivity contribution in [3.63, 3.8) is 0 Å². The van der Waals surface area contributed by atoms with Crippen LogP contribution in [0.4, 0.5) is 0 Å². The van der Waals surface area contributed by atoms with E-state index in [0.29, 0.717) is 6.10 Å². The van der Waals surface area contributed by atoms with Gasteiger partial charge in [0.25, 0.3) is 0 Å². The second-order valence-electron chi connectivity index (χ2n) is 2.91. The van der Waals surface area contributed by atoms with Crippen LogP contribution >= 0.6 is 0 Å². The van der Waals surface area contributed by atoms with Crippen molar-refractivity contribution in [3.8, 4) is 0 Å². The highest BCUT2D eigenvalue weighted by molar-refractivity contribution is 4.79. The van der Waals surface area contributed by atoms with Gasteiger partial charge in [-0.2, -0.15) is 0 Å². The van der Waals surface area contributed by atoms with Crippen LogP contribution in [0.15, 0.2) is 0 Å². The molecule has 1 heterocycles. The lowest BCUT2D eigenvalue weighted by Crippen LogP contribution is -2.37. The van der Waals surface area contributed by atoms with E-state index in [-0.39, 0.29) is 18.8 Å². The first kappa shape index (κ1) is 7.98. The molecule has 0 radical (unpaired) electrons. The molecule has 3 nitrogen and oxygen atoms in total. The van der Waals surface area contributed by atoms with Gasteiger partial charge >= 0.3 is 0 Å². The number of aliphatic hydroxyl groups excluding tert-OH is 1. The van der Waals surface area contributed by atoms with Crippen LogP contribution in [-0.4, -0.2) is 30.0 Å². The van der Waals surface area contributed by atoms with E-state index in [2.05, 4.69) is 0 Å². The van der Waals surface area contributed by atoms with Crippen molar-refractivity contribution in [1.82, 2.24) is 0 Å². The molecule has 0 aromatic rings. The third kappa shape index (κ3) is 1.68. The zero-order chi connectivity index (χ0) is 7.56. The van der Waals surface area contributed by atoms with E-state index in [0.717, 1.165) is 12.8 Å². The van der Waals surface area contributed by atoms with Crippen molar-refractivity contribution in [2.75, 3.05) is 6.61 Å². The van der Waals surface area contributed by atoms with Crippen LogP contribution in [0.25, 0.3) is 0 Å². The maximum absolute atomic E-state index is 8.68. The number of ether oxygens (including phenoxy) is 1. The Morgan fingerprint density at radius 2 is 2.40 bits per heavy atom. The fourth-order valence-corrected chi connectivity index (χ4v) is 1.27. The average molecular weight is 145 g/mol. The van der Waals surface area contributed by atoms with Gasteiger partial charge in [0.2, 0.25) is 0 Å². The summed E-state index contributed by atoms with van der Waals surface area (Å²) in [6.45, 7) is 2.06. The molecule has 1 aliphatic rings. The minimum atomic E-state index is -0.190. The summed E-state index contributed by atoms with van der Waals surface area (Å²) in [6, 6.07) is -0.190. The van der Waals surface area contributed by atoms with E-state index in [1.165, 1.54) is 0 Å². The molecule has 3 atom stereocenters. The lowest BCUT2D eigenvalue weighted by atomic mass is 10.1. The van der Waals surface area contributed by atoms with Gasteiger partial charge in [0.1, 0.15) is 0 Å². The molecule has 1 rings (SSSR count). The number of nitrogens with two attached hydrogens (primary N) is 1. The molecule has 1 aliphatic heterocycles. The van der Waals surface area contributed by atoms with E-state index >= 15 is 0 Å². The van der Waals surface area contributed by atoms with Crippen LogP contribution < -0.4 is 5.73 Å². The van der Waals surface area contributed by atoms with Gasteiger partial charge in [-0.25, -0.2) is 0 Å². The zero-order valence-corrected chi connectivity index (χ0v) is 6.29. The standard InChI is InChI=1S/C7H15NO2/c1-5-2-3-7(10-5)6(8)4-9/h5-7,9H,2-4,8H2,1H3. The first-order chi connectivity index (χ1) is 4.74. The molecule has 0 saturated carbocycles. The van der Waals surface area contributed by atoms with Crippen LogP contribution in [-0.2, 0) is 4.74 Å². The van der Waals surface area contributed by atoms with Crippen LogP contribution in [0.2, 0.25) is 0 Å². The SMILES string of the molecule is CC1CCC(C(N)CO)O1. The first-order valence-corrected chi connectivity index (χ1v) is 3.76. The average Bonchev–Trinajstić information content (AvgIpc) is 2.34. The number of aliphatic hydroxyl groups is 1. The third-order valence-corrected chi connectivity index (χ3v) is 1.95. The minimum Gasteiger partial charge on any atom is -0.395 e. The van der Waals surface area contributed by atoms with Gasteiger partial charge in [-0.05, 0) is 19.8 Å². The van der Waals surface area contributed by atoms with Gasteiger partial charge in [0.05, 0.1) is 24.9 Å². The molecule has 10 heavy (non-hydrogen) atoms. The summed E-state index contributed by atoms with van der Waals surface area (Å²) < 4.78 is 5.43. The predicted octanol–water partition coefficient (Wildman–Crippen LogP) is -0.126. The smallest absolute Gasteiger partial charge is 0.0752 e. The zero-order valence-electron chi connectivity index (χ0n) is 6.29. The summed E-state index contributed by atoms with van der Waals surface area (Å²) in [5, 5.41) is 8.68. The molecule has 0 aromatic carbocycles. The van der Waals surface area contributed by atoms with E-state index in [1.54, 1.807) is 0 Å². The topological polar surface area (TPSA) is 55.5 Å². The van der Waals surface area contributed by atoms with Gasteiger partial charge in [-0.1, -0.05) is 0 Å². The van der Waals surface area contributed by atoms with Gasteiger partial charge < -0.3 is 15.6 Å². The summed E-state index contributed by atoms with van der Waals surface area (Å²) in [5.41, 5.74) is 5.57. The monoisotopic (exact) mass is 145 g/mol. The lowest BCUT2D eigenvalue weighted by molar-refractivity contribution is 0.0275. The molecule has 0 aliphatic carbocycles. The molecule has 0 amide bonds. The van der Waals surface area contributed by atoms with E-state index in [9.17, 15) is 0 Å². The Hall–Kier alpha value is -0.120. The Labute approximate surface area is 61.2 Å². The first-order valence-electron chi connectivity index (χ1n) is 3.76. The van der Waals surface area contributed by atoms with Crippen molar-refractivity contribution in [3.05, 3.63) is 0 Å². The van der Waals surface area contributed by atoms with Crippen LogP contribution in [0.3, 0.4) is 0 Å². The summed E-state index contributed by atoms with van der Waals surface area (Å²) in [4.78, 5) is 0. The highest BCUT2D eigenvalue weighted by Crippen LogP contribution is 2.20. The molecule has 0 spiro atoms. The van der Waals surface area contributed by atoms with Crippen LogP contribution in [0, 0.1) is 0 Å². The molecular formula is C7H15NO2. The molecular weight excluding hydrogens is 130 g/mol. The summed E-state index contributed by atoms with van der Waals surface area (Å²) in [5.74, 6) is 0. The van der Waals surface area contributed by atoms with Crippen molar-refractivity contribution in [2.45, 2.75) is 38.0 Å². The van der Waals surface area contributed by atoms with Gasteiger partial charge in [0, 0.05) is 0 Å². The normalized spacial score (nSPS) is 36.3. The third-order valence-electron chi connectivity index (χ3n) is 1.95. The van der Waals surface area contributed by atoms with Gasteiger partial charge in [0.15, 0.2) is 0 Å². The van der Waals surface area contributed by atoms with Crippen LogP contribution in [0.5, 0.6) is 0 Å². The molecule has 0 aromatic heterocycles. The number of rotatable bonds is 2.